The van der Waals surface area contributed by atoms with Gasteiger partial charge in [0, 0.05) is 43.8 Å². The first-order valence-corrected chi connectivity index (χ1v) is 8.43. The predicted octanol–water partition coefficient (Wildman–Crippen LogP) is 2.08. The molecule has 3 aliphatic rings. The van der Waals surface area contributed by atoms with Crippen LogP contribution >= 0.6 is 0 Å². The molecule has 1 aliphatic carbocycles. The van der Waals surface area contributed by atoms with Crippen molar-refractivity contribution in [3.63, 3.8) is 0 Å². The lowest BCUT2D eigenvalue weighted by Gasteiger charge is -2.32. The van der Waals surface area contributed by atoms with Crippen LogP contribution in [0.2, 0.25) is 0 Å². The van der Waals surface area contributed by atoms with Gasteiger partial charge in [0.1, 0.15) is 0 Å². The SMILES string of the molecule is CC(CNC1CCCC1)N1CCC2CCC(C1)N2C. The highest BCUT2D eigenvalue weighted by atomic mass is 15.3. The van der Waals surface area contributed by atoms with Gasteiger partial charge in [0.25, 0.3) is 0 Å². The van der Waals surface area contributed by atoms with E-state index in [1.165, 1.54) is 64.6 Å². The molecule has 0 amide bonds. The number of hydrogen-bond donors (Lipinski definition) is 1. The van der Waals surface area contributed by atoms with Gasteiger partial charge in [-0.05, 0) is 46.1 Å². The predicted molar refractivity (Wildman–Crippen MR) is 80.5 cm³/mol. The molecule has 2 bridgehead atoms. The van der Waals surface area contributed by atoms with E-state index in [4.69, 9.17) is 0 Å². The lowest BCUT2D eigenvalue weighted by molar-refractivity contribution is 0.175. The molecular formula is C16H31N3. The minimum Gasteiger partial charge on any atom is -0.312 e. The van der Waals surface area contributed by atoms with E-state index in [0.717, 1.165) is 18.1 Å². The van der Waals surface area contributed by atoms with Gasteiger partial charge in [-0.1, -0.05) is 12.8 Å². The van der Waals surface area contributed by atoms with Crippen LogP contribution in [0.5, 0.6) is 0 Å². The Balaban J connectivity index is 1.48. The third-order valence-electron chi connectivity index (χ3n) is 5.86. The smallest absolute Gasteiger partial charge is 0.0223 e. The van der Waals surface area contributed by atoms with Crippen LogP contribution in [0.4, 0.5) is 0 Å². The van der Waals surface area contributed by atoms with E-state index in [9.17, 15) is 0 Å². The fraction of sp³-hybridized carbons (Fsp3) is 1.00. The molecule has 0 aromatic carbocycles. The average Bonchev–Trinajstić information content (AvgIpc) is 2.96. The Morgan fingerprint density at radius 2 is 1.79 bits per heavy atom. The summed E-state index contributed by atoms with van der Waals surface area (Å²) in [4.78, 5) is 5.39. The summed E-state index contributed by atoms with van der Waals surface area (Å²) in [6.07, 6.45) is 9.90. The molecule has 3 heteroatoms. The van der Waals surface area contributed by atoms with Crippen molar-refractivity contribution in [2.24, 2.45) is 0 Å². The van der Waals surface area contributed by atoms with E-state index in [-0.39, 0.29) is 0 Å². The van der Waals surface area contributed by atoms with E-state index in [1.807, 2.05) is 0 Å². The van der Waals surface area contributed by atoms with Crippen LogP contribution in [-0.2, 0) is 0 Å². The highest BCUT2D eigenvalue weighted by Crippen LogP contribution is 2.29. The maximum Gasteiger partial charge on any atom is 0.0223 e. The summed E-state index contributed by atoms with van der Waals surface area (Å²) in [5, 5.41) is 3.80. The largest absolute Gasteiger partial charge is 0.312 e. The van der Waals surface area contributed by atoms with E-state index < -0.39 is 0 Å². The molecule has 0 aromatic rings. The Kier molecular flexibility index (Phi) is 4.45. The topological polar surface area (TPSA) is 18.5 Å². The van der Waals surface area contributed by atoms with Crippen molar-refractivity contribution < 1.29 is 0 Å². The lowest BCUT2D eigenvalue weighted by Crippen LogP contribution is -2.46. The zero-order valence-electron chi connectivity index (χ0n) is 12.8. The molecule has 2 aliphatic heterocycles. The second-order valence-corrected chi connectivity index (χ2v) is 7.07. The van der Waals surface area contributed by atoms with Crippen molar-refractivity contribution in [1.29, 1.82) is 0 Å². The van der Waals surface area contributed by atoms with Crippen LogP contribution in [0, 0.1) is 0 Å². The molecule has 3 fully saturated rings. The van der Waals surface area contributed by atoms with Gasteiger partial charge in [0.05, 0.1) is 0 Å². The number of rotatable bonds is 4. The highest BCUT2D eigenvalue weighted by molar-refractivity contribution is 4.92. The molecule has 1 saturated carbocycles. The molecule has 3 unspecified atom stereocenters. The Morgan fingerprint density at radius 3 is 2.58 bits per heavy atom. The minimum absolute atomic E-state index is 0.702. The van der Waals surface area contributed by atoms with Gasteiger partial charge in [0.2, 0.25) is 0 Å². The molecule has 3 nitrogen and oxygen atoms in total. The lowest BCUT2D eigenvalue weighted by atomic mass is 10.1. The van der Waals surface area contributed by atoms with Gasteiger partial charge < -0.3 is 5.32 Å². The first-order valence-electron chi connectivity index (χ1n) is 8.43. The summed E-state index contributed by atoms with van der Waals surface area (Å²) >= 11 is 0. The van der Waals surface area contributed by atoms with Crippen molar-refractivity contribution in [3.8, 4) is 0 Å². The summed E-state index contributed by atoms with van der Waals surface area (Å²) < 4.78 is 0. The van der Waals surface area contributed by atoms with Crippen LogP contribution in [0.1, 0.15) is 51.9 Å². The third-order valence-corrected chi connectivity index (χ3v) is 5.86. The summed E-state index contributed by atoms with van der Waals surface area (Å²) in [7, 11) is 2.34. The van der Waals surface area contributed by atoms with Crippen molar-refractivity contribution in [3.05, 3.63) is 0 Å². The molecule has 110 valence electrons. The second kappa shape index (κ2) is 6.11. The quantitative estimate of drug-likeness (QED) is 0.839. The summed E-state index contributed by atoms with van der Waals surface area (Å²) in [6.45, 7) is 6.20. The fourth-order valence-corrected chi connectivity index (χ4v) is 4.33. The molecule has 0 radical (unpaired) electrons. The number of likely N-dealkylation sites (N-methyl/N-ethyl adjacent to an activating group) is 1. The van der Waals surface area contributed by atoms with Gasteiger partial charge in [-0.3, -0.25) is 9.80 Å². The maximum atomic E-state index is 3.80. The highest BCUT2D eigenvalue weighted by Gasteiger charge is 2.35. The Labute approximate surface area is 118 Å². The van der Waals surface area contributed by atoms with Crippen molar-refractivity contribution in [1.82, 2.24) is 15.1 Å². The third kappa shape index (κ3) is 3.14. The van der Waals surface area contributed by atoms with E-state index in [2.05, 4.69) is 29.1 Å². The molecule has 3 atom stereocenters. The van der Waals surface area contributed by atoms with Gasteiger partial charge in [0.15, 0.2) is 0 Å². The monoisotopic (exact) mass is 265 g/mol. The second-order valence-electron chi connectivity index (χ2n) is 7.07. The standard InChI is InChI=1S/C16H31N3/c1-13(11-17-14-5-3-4-6-14)19-10-9-15-7-8-16(12-19)18(15)2/h13-17H,3-12H2,1-2H3. The minimum atomic E-state index is 0.702. The molecule has 2 saturated heterocycles. The molecule has 0 spiro atoms. The Bertz CT molecular complexity index is 288. The number of likely N-dealkylation sites (tertiary alicyclic amines) is 1. The van der Waals surface area contributed by atoms with Crippen LogP contribution < -0.4 is 5.32 Å². The number of nitrogens with zero attached hydrogens (tertiary/aromatic N) is 2. The van der Waals surface area contributed by atoms with Gasteiger partial charge in [-0.25, -0.2) is 0 Å². The zero-order valence-corrected chi connectivity index (χ0v) is 12.8. The van der Waals surface area contributed by atoms with Crippen LogP contribution in [-0.4, -0.2) is 60.6 Å². The van der Waals surface area contributed by atoms with Crippen LogP contribution in [0.25, 0.3) is 0 Å². The van der Waals surface area contributed by atoms with E-state index in [1.54, 1.807) is 0 Å². The Morgan fingerprint density at radius 1 is 1.05 bits per heavy atom. The van der Waals surface area contributed by atoms with Crippen LogP contribution in [0.3, 0.4) is 0 Å². The normalized spacial score (nSPS) is 35.7. The summed E-state index contributed by atoms with van der Waals surface area (Å²) in [6, 6.07) is 3.20. The first kappa shape index (κ1) is 13.8. The number of fused-ring (bicyclic) bond motifs is 2. The molecular weight excluding hydrogens is 234 g/mol. The molecule has 0 aromatic heterocycles. The van der Waals surface area contributed by atoms with Gasteiger partial charge in [-0.2, -0.15) is 0 Å². The summed E-state index contributed by atoms with van der Waals surface area (Å²) in [5.74, 6) is 0. The molecule has 3 rings (SSSR count). The number of hydrogen-bond acceptors (Lipinski definition) is 3. The maximum absolute atomic E-state index is 3.80. The first-order chi connectivity index (χ1) is 9.24. The van der Waals surface area contributed by atoms with Crippen LogP contribution in [0.15, 0.2) is 0 Å². The average molecular weight is 265 g/mol. The van der Waals surface area contributed by atoms with Crippen molar-refractivity contribution in [2.75, 3.05) is 26.7 Å². The van der Waals surface area contributed by atoms with Gasteiger partial charge >= 0.3 is 0 Å². The molecule has 19 heavy (non-hydrogen) atoms. The molecule has 1 N–H and O–H groups in total. The van der Waals surface area contributed by atoms with E-state index >= 15 is 0 Å². The van der Waals surface area contributed by atoms with Gasteiger partial charge in [-0.15, -0.1) is 0 Å². The summed E-state index contributed by atoms with van der Waals surface area (Å²) in [5.41, 5.74) is 0. The zero-order chi connectivity index (χ0) is 13.2. The number of nitrogens with one attached hydrogen (secondary N) is 1. The van der Waals surface area contributed by atoms with E-state index in [0.29, 0.717) is 6.04 Å². The van der Waals surface area contributed by atoms with Crippen molar-refractivity contribution in [2.45, 2.75) is 76.0 Å². The molecule has 2 heterocycles. The van der Waals surface area contributed by atoms with Crippen molar-refractivity contribution >= 4 is 0 Å². The Hall–Kier alpha value is -0.120. The fourth-order valence-electron chi connectivity index (χ4n) is 4.33.